The van der Waals surface area contributed by atoms with Crippen LogP contribution in [0.2, 0.25) is 0 Å². The monoisotopic (exact) mass is 340 g/mol. The summed E-state index contributed by atoms with van der Waals surface area (Å²) in [5, 5.41) is 2.57. The van der Waals surface area contributed by atoms with Crippen LogP contribution in [0, 0.1) is 18.6 Å². The Morgan fingerprint density at radius 3 is 2.50 bits per heavy atom. The molecular weight excluding hydrogens is 330 g/mol. The van der Waals surface area contributed by atoms with Crippen LogP contribution in [-0.2, 0) is 0 Å². The number of rotatable bonds is 2. The minimum Gasteiger partial charge on any atom is -0.397 e. The lowest BCUT2D eigenvalue weighted by Gasteiger charge is -2.11. The van der Waals surface area contributed by atoms with E-state index in [2.05, 4.69) is 21.2 Å². The molecule has 0 unspecified atom stereocenters. The van der Waals surface area contributed by atoms with Crippen molar-refractivity contribution in [2.24, 2.45) is 0 Å². The number of hydrogen-bond donors (Lipinski definition) is 2. The molecule has 3 nitrogen and oxygen atoms in total. The lowest BCUT2D eigenvalue weighted by molar-refractivity contribution is 0.102. The molecule has 0 aliphatic carbocycles. The van der Waals surface area contributed by atoms with Gasteiger partial charge in [-0.2, -0.15) is 0 Å². The lowest BCUT2D eigenvalue weighted by atomic mass is 10.1. The van der Waals surface area contributed by atoms with Gasteiger partial charge in [-0.15, -0.1) is 0 Å². The van der Waals surface area contributed by atoms with Crippen LogP contribution in [0.15, 0.2) is 34.8 Å². The van der Waals surface area contributed by atoms with Crippen molar-refractivity contribution in [1.82, 2.24) is 0 Å². The molecule has 0 radical (unpaired) electrons. The van der Waals surface area contributed by atoms with Crippen molar-refractivity contribution < 1.29 is 13.6 Å². The largest absolute Gasteiger partial charge is 0.397 e. The predicted octanol–water partition coefficient (Wildman–Crippen LogP) is 3.87. The van der Waals surface area contributed by atoms with Crippen LogP contribution < -0.4 is 11.1 Å². The molecule has 2 rings (SSSR count). The van der Waals surface area contributed by atoms with E-state index in [9.17, 15) is 13.6 Å². The Bertz CT molecular complexity index is 666. The molecule has 1 amide bonds. The van der Waals surface area contributed by atoms with E-state index in [-0.39, 0.29) is 5.56 Å². The third-order valence-electron chi connectivity index (χ3n) is 2.69. The van der Waals surface area contributed by atoms with Gasteiger partial charge in [-0.05, 0) is 58.7 Å². The van der Waals surface area contributed by atoms with Gasteiger partial charge in [-0.3, -0.25) is 4.79 Å². The van der Waals surface area contributed by atoms with E-state index in [1.165, 1.54) is 6.07 Å². The summed E-state index contributed by atoms with van der Waals surface area (Å²) >= 11 is 3.30. The van der Waals surface area contributed by atoms with Gasteiger partial charge >= 0.3 is 0 Å². The number of carbonyl (C=O) groups is 1. The highest BCUT2D eigenvalue weighted by molar-refractivity contribution is 9.10. The molecular formula is C14H11BrF2N2O. The summed E-state index contributed by atoms with van der Waals surface area (Å²) in [6, 6.07) is 6.43. The van der Waals surface area contributed by atoms with Crippen molar-refractivity contribution in [1.29, 1.82) is 0 Å². The van der Waals surface area contributed by atoms with E-state index in [1.54, 1.807) is 12.1 Å². The quantitative estimate of drug-likeness (QED) is 0.815. The van der Waals surface area contributed by atoms with E-state index in [0.717, 1.165) is 17.7 Å². The van der Waals surface area contributed by atoms with Crippen LogP contribution in [-0.4, -0.2) is 5.91 Å². The van der Waals surface area contributed by atoms with E-state index in [1.807, 2.05) is 6.92 Å². The SMILES string of the molecule is Cc1cc(N)c(NC(=O)c2ccc(F)c(F)c2)c(Br)c1. The smallest absolute Gasteiger partial charge is 0.255 e. The summed E-state index contributed by atoms with van der Waals surface area (Å²) in [5.74, 6) is -2.65. The highest BCUT2D eigenvalue weighted by Gasteiger charge is 2.13. The predicted molar refractivity (Wildman–Crippen MR) is 77.6 cm³/mol. The molecule has 0 atom stereocenters. The van der Waals surface area contributed by atoms with Crippen molar-refractivity contribution in [3.05, 3.63) is 57.6 Å². The van der Waals surface area contributed by atoms with Gasteiger partial charge in [0.2, 0.25) is 0 Å². The number of nitrogens with two attached hydrogens (primary N) is 1. The number of amides is 1. The van der Waals surface area contributed by atoms with Crippen LogP contribution in [0.3, 0.4) is 0 Å². The van der Waals surface area contributed by atoms with Gasteiger partial charge in [0.15, 0.2) is 11.6 Å². The Morgan fingerprint density at radius 1 is 1.20 bits per heavy atom. The first-order chi connectivity index (χ1) is 9.38. The Morgan fingerprint density at radius 2 is 1.90 bits per heavy atom. The molecule has 0 aromatic heterocycles. The summed E-state index contributed by atoms with van der Waals surface area (Å²) in [6.07, 6.45) is 0. The molecule has 2 aromatic carbocycles. The number of nitrogen functional groups attached to an aromatic ring is 1. The highest BCUT2D eigenvalue weighted by atomic mass is 79.9. The number of benzene rings is 2. The molecule has 0 saturated heterocycles. The third kappa shape index (κ3) is 2.96. The van der Waals surface area contributed by atoms with Gasteiger partial charge in [0.1, 0.15) is 0 Å². The van der Waals surface area contributed by atoms with E-state index in [4.69, 9.17) is 5.73 Å². The first-order valence-electron chi connectivity index (χ1n) is 5.70. The van der Waals surface area contributed by atoms with Gasteiger partial charge in [0.25, 0.3) is 5.91 Å². The Hall–Kier alpha value is -1.95. The average molecular weight is 341 g/mol. The highest BCUT2D eigenvalue weighted by Crippen LogP contribution is 2.30. The first kappa shape index (κ1) is 14.5. The summed E-state index contributed by atoms with van der Waals surface area (Å²) < 4.78 is 26.5. The van der Waals surface area contributed by atoms with Gasteiger partial charge < -0.3 is 11.1 Å². The molecule has 20 heavy (non-hydrogen) atoms. The Balaban J connectivity index is 2.30. The minimum absolute atomic E-state index is 0.00998. The van der Waals surface area contributed by atoms with Gasteiger partial charge in [0.05, 0.1) is 11.4 Å². The van der Waals surface area contributed by atoms with Crippen LogP contribution in [0.4, 0.5) is 20.2 Å². The number of carbonyl (C=O) groups excluding carboxylic acids is 1. The van der Waals surface area contributed by atoms with E-state index >= 15 is 0 Å². The normalized spacial score (nSPS) is 10.4. The fourth-order valence-electron chi connectivity index (χ4n) is 1.72. The topological polar surface area (TPSA) is 55.1 Å². The Kier molecular flexibility index (Phi) is 4.04. The van der Waals surface area contributed by atoms with Crippen molar-refractivity contribution in [2.75, 3.05) is 11.1 Å². The summed E-state index contributed by atoms with van der Waals surface area (Å²) in [5.41, 5.74) is 7.54. The maximum Gasteiger partial charge on any atom is 0.255 e. The number of anilines is 2. The first-order valence-corrected chi connectivity index (χ1v) is 6.50. The molecule has 3 N–H and O–H groups in total. The van der Waals surface area contributed by atoms with Crippen LogP contribution in [0.25, 0.3) is 0 Å². The fraction of sp³-hybridized carbons (Fsp3) is 0.0714. The van der Waals surface area contributed by atoms with Crippen molar-refractivity contribution in [3.8, 4) is 0 Å². The van der Waals surface area contributed by atoms with Crippen LogP contribution in [0.5, 0.6) is 0 Å². The van der Waals surface area contributed by atoms with Crippen LogP contribution >= 0.6 is 15.9 Å². The number of aryl methyl sites for hydroxylation is 1. The fourth-order valence-corrected chi connectivity index (χ4v) is 2.41. The lowest BCUT2D eigenvalue weighted by Crippen LogP contribution is -2.14. The Labute approximate surface area is 122 Å². The van der Waals surface area contributed by atoms with E-state index < -0.39 is 17.5 Å². The number of halogens is 3. The molecule has 104 valence electrons. The molecule has 6 heteroatoms. The second-order valence-corrected chi connectivity index (χ2v) is 5.15. The van der Waals surface area contributed by atoms with Crippen molar-refractivity contribution in [2.45, 2.75) is 6.92 Å². The number of nitrogens with one attached hydrogen (secondary N) is 1. The zero-order valence-electron chi connectivity index (χ0n) is 10.5. The molecule has 0 bridgehead atoms. The molecule has 0 heterocycles. The zero-order valence-corrected chi connectivity index (χ0v) is 12.1. The summed E-state index contributed by atoms with van der Waals surface area (Å²) in [7, 11) is 0. The molecule has 0 aliphatic heterocycles. The molecule has 0 saturated carbocycles. The van der Waals surface area contributed by atoms with Gasteiger partial charge in [-0.25, -0.2) is 8.78 Å². The second kappa shape index (κ2) is 5.58. The van der Waals surface area contributed by atoms with Crippen LogP contribution in [0.1, 0.15) is 15.9 Å². The molecule has 0 fully saturated rings. The minimum atomic E-state index is -1.08. The molecule has 2 aromatic rings. The standard InChI is InChI=1S/C14H11BrF2N2O/c1-7-4-9(15)13(12(18)5-7)19-14(20)8-2-3-10(16)11(17)6-8/h2-6H,18H2,1H3,(H,19,20). The molecule has 0 spiro atoms. The molecule has 0 aliphatic rings. The second-order valence-electron chi connectivity index (χ2n) is 4.29. The van der Waals surface area contributed by atoms with Crippen molar-refractivity contribution in [3.63, 3.8) is 0 Å². The van der Waals surface area contributed by atoms with E-state index in [0.29, 0.717) is 15.8 Å². The van der Waals surface area contributed by atoms with Crippen molar-refractivity contribution >= 4 is 33.2 Å². The third-order valence-corrected chi connectivity index (χ3v) is 3.31. The van der Waals surface area contributed by atoms with Gasteiger partial charge in [-0.1, -0.05) is 0 Å². The summed E-state index contributed by atoms with van der Waals surface area (Å²) in [6.45, 7) is 1.86. The average Bonchev–Trinajstić information content (AvgIpc) is 2.36. The maximum absolute atomic E-state index is 13.1. The maximum atomic E-state index is 13.1. The summed E-state index contributed by atoms with van der Waals surface area (Å²) in [4.78, 5) is 12.0. The number of hydrogen-bond acceptors (Lipinski definition) is 2. The zero-order chi connectivity index (χ0) is 14.9. The van der Waals surface area contributed by atoms with Gasteiger partial charge in [0, 0.05) is 10.0 Å².